The molecule has 0 atom stereocenters. The normalized spacial score (nSPS) is 12.1. The van der Waals surface area contributed by atoms with Gasteiger partial charge in [0.25, 0.3) is 0 Å². The molecule has 0 radical (unpaired) electrons. The molecule has 0 aliphatic carbocycles. The van der Waals surface area contributed by atoms with Crippen molar-refractivity contribution in [1.82, 2.24) is 29.2 Å². The van der Waals surface area contributed by atoms with Gasteiger partial charge in [-0.25, -0.2) is 0 Å². The van der Waals surface area contributed by atoms with Crippen molar-refractivity contribution >= 4 is 53.0 Å². The predicted octanol–water partition coefficient (Wildman–Crippen LogP) is 4.77. The summed E-state index contributed by atoms with van der Waals surface area (Å²) in [4.78, 5) is 1.94. The summed E-state index contributed by atoms with van der Waals surface area (Å²) in [5.74, 6) is 2.08. The van der Waals surface area contributed by atoms with E-state index in [4.69, 9.17) is 0 Å². The van der Waals surface area contributed by atoms with Crippen molar-refractivity contribution in [2.75, 3.05) is 0 Å². The van der Waals surface area contributed by atoms with Gasteiger partial charge in [-0.2, -0.15) is 0 Å². The second kappa shape index (κ2) is 6.35. The van der Waals surface area contributed by atoms with Crippen molar-refractivity contribution in [3.05, 3.63) is 60.2 Å². The first-order chi connectivity index (χ1) is 13.9. The highest BCUT2D eigenvalue weighted by atomic mass is 32.1. The first kappa shape index (κ1) is 16.1. The zero-order valence-electron chi connectivity index (χ0n) is 14.9. The summed E-state index contributed by atoms with van der Waals surface area (Å²) >= 11 is 3.38. The molecular weight excluding hydrogens is 388 g/mol. The van der Waals surface area contributed by atoms with Crippen LogP contribution in [0.5, 0.6) is 0 Å². The molecule has 0 unspecified atom stereocenters. The highest BCUT2D eigenvalue weighted by molar-refractivity contribution is 7.23. The lowest BCUT2D eigenvalue weighted by molar-refractivity contribution is 0.682. The number of unbranched alkanes of at least 4 members (excludes halogenated alkanes) is 1. The van der Waals surface area contributed by atoms with Crippen molar-refractivity contribution in [2.45, 2.75) is 25.7 Å². The Morgan fingerprint density at radius 3 is 1.57 bits per heavy atom. The second-order valence-electron chi connectivity index (χ2n) is 6.82. The summed E-state index contributed by atoms with van der Waals surface area (Å²) in [6.07, 6.45) is 3.91. The molecule has 4 heterocycles. The zero-order valence-corrected chi connectivity index (χ0v) is 16.6. The molecule has 6 rings (SSSR count). The van der Waals surface area contributed by atoms with Crippen LogP contribution in [0.15, 0.2) is 48.5 Å². The van der Waals surface area contributed by atoms with Gasteiger partial charge in [0.1, 0.15) is 11.6 Å². The Morgan fingerprint density at radius 2 is 1.07 bits per heavy atom. The van der Waals surface area contributed by atoms with Gasteiger partial charge in [0.2, 0.25) is 9.92 Å². The van der Waals surface area contributed by atoms with E-state index in [2.05, 4.69) is 77.7 Å². The summed E-state index contributed by atoms with van der Waals surface area (Å²) < 4.78 is 6.90. The van der Waals surface area contributed by atoms with Gasteiger partial charge in [-0.05, 0) is 37.1 Å². The maximum absolute atomic E-state index is 4.41. The fourth-order valence-corrected chi connectivity index (χ4v) is 5.73. The van der Waals surface area contributed by atoms with E-state index in [-0.39, 0.29) is 0 Å². The van der Waals surface area contributed by atoms with Crippen LogP contribution in [0.25, 0.3) is 30.4 Å². The van der Waals surface area contributed by atoms with Crippen LogP contribution in [0.1, 0.15) is 24.5 Å². The van der Waals surface area contributed by atoms with E-state index in [0.29, 0.717) is 0 Å². The molecule has 0 saturated heterocycles. The number of aromatic nitrogens is 6. The molecule has 0 fully saturated rings. The van der Waals surface area contributed by atoms with Gasteiger partial charge < -0.3 is 0 Å². The number of rotatable bonds is 5. The van der Waals surface area contributed by atoms with E-state index in [9.17, 15) is 0 Å². The van der Waals surface area contributed by atoms with Gasteiger partial charge >= 0.3 is 0 Å². The van der Waals surface area contributed by atoms with Crippen LogP contribution in [-0.2, 0) is 12.8 Å². The minimum Gasteiger partial charge on any atom is -0.269 e. The molecule has 8 heteroatoms. The van der Waals surface area contributed by atoms with Gasteiger partial charge in [-0.3, -0.25) is 8.80 Å². The Bertz CT molecular complexity index is 1330. The Morgan fingerprint density at radius 1 is 0.607 bits per heavy atom. The van der Waals surface area contributed by atoms with Crippen LogP contribution in [-0.4, -0.2) is 29.2 Å². The van der Waals surface area contributed by atoms with E-state index in [0.717, 1.165) is 47.3 Å². The van der Waals surface area contributed by atoms with E-state index in [1.807, 2.05) is 0 Å². The highest BCUT2D eigenvalue weighted by Gasteiger charge is 2.13. The molecule has 0 saturated carbocycles. The molecule has 28 heavy (non-hydrogen) atoms. The van der Waals surface area contributed by atoms with Gasteiger partial charge in [0.05, 0.1) is 20.4 Å². The summed E-state index contributed by atoms with van der Waals surface area (Å²) in [7, 11) is 0. The number of aryl methyl sites for hydroxylation is 2. The fourth-order valence-electron chi connectivity index (χ4n) is 3.76. The molecule has 0 bridgehead atoms. The molecule has 6 nitrogen and oxygen atoms in total. The third-order valence-electron chi connectivity index (χ3n) is 5.07. The van der Waals surface area contributed by atoms with Crippen molar-refractivity contribution in [2.24, 2.45) is 0 Å². The summed E-state index contributed by atoms with van der Waals surface area (Å²) in [5.41, 5.74) is 2.40. The first-order valence-corrected chi connectivity index (χ1v) is 10.9. The van der Waals surface area contributed by atoms with Gasteiger partial charge in [-0.15, -0.1) is 20.4 Å². The number of para-hydroxylation sites is 2. The minimum atomic E-state index is 0.911. The number of thiazole rings is 2. The van der Waals surface area contributed by atoms with E-state index in [1.54, 1.807) is 22.7 Å². The van der Waals surface area contributed by atoms with Crippen LogP contribution >= 0.6 is 22.7 Å². The number of hydrogen-bond donors (Lipinski definition) is 0. The summed E-state index contributed by atoms with van der Waals surface area (Å²) in [6.45, 7) is 0. The van der Waals surface area contributed by atoms with E-state index >= 15 is 0 Å². The smallest absolute Gasteiger partial charge is 0.217 e. The van der Waals surface area contributed by atoms with Crippen molar-refractivity contribution in [1.29, 1.82) is 0 Å². The first-order valence-electron chi connectivity index (χ1n) is 9.31. The topological polar surface area (TPSA) is 60.4 Å². The lowest BCUT2D eigenvalue weighted by atomic mass is 10.2. The van der Waals surface area contributed by atoms with Crippen LogP contribution in [0.2, 0.25) is 0 Å². The molecular formula is C20H16N6S2. The monoisotopic (exact) mass is 404 g/mol. The second-order valence-corrected chi connectivity index (χ2v) is 8.83. The molecule has 0 N–H and O–H groups in total. The quantitative estimate of drug-likeness (QED) is 0.389. The van der Waals surface area contributed by atoms with Crippen LogP contribution in [0.4, 0.5) is 0 Å². The SMILES string of the molecule is c1ccc2c(c1)sc1nnc(CCCCc3nnc4sc5ccccc5n34)n12. The lowest BCUT2D eigenvalue weighted by Crippen LogP contribution is -1.98. The average molecular weight is 405 g/mol. The standard InChI is InChI=1S/C20H16N6S2/c1-3-9-15-13(7-1)25-17(21-23-19(25)27-15)11-5-6-12-18-22-24-20-26(18)14-8-2-4-10-16(14)28-20/h1-4,7-10H,5-6,11-12H2. The highest BCUT2D eigenvalue weighted by Crippen LogP contribution is 2.28. The lowest BCUT2D eigenvalue weighted by Gasteiger charge is -2.01. The number of fused-ring (bicyclic) bond motifs is 6. The molecule has 2 aromatic carbocycles. The van der Waals surface area contributed by atoms with Crippen LogP contribution in [0, 0.1) is 0 Å². The fraction of sp³-hybridized carbons (Fsp3) is 0.200. The van der Waals surface area contributed by atoms with Crippen LogP contribution in [0.3, 0.4) is 0 Å². The van der Waals surface area contributed by atoms with E-state index in [1.165, 1.54) is 20.4 Å². The zero-order chi connectivity index (χ0) is 18.5. The Labute approximate surface area is 168 Å². The minimum absolute atomic E-state index is 0.911. The Hall–Kier alpha value is -2.84. The van der Waals surface area contributed by atoms with Crippen molar-refractivity contribution < 1.29 is 0 Å². The average Bonchev–Trinajstić information content (AvgIpc) is 3.46. The third-order valence-corrected chi connectivity index (χ3v) is 7.09. The number of hydrogen-bond acceptors (Lipinski definition) is 6. The molecule has 0 aliphatic rings. The number of nitrogens with zero attached hydrogens (tertiary/aromatic N) is 6. The molecule has 0 amide bonds. The summed E-state index contributed by atoms with van der Waals surface area (Å²) in [5, 5.41) is 17.5. The molecule has 4 aromatic heterocycles. The van der Waals surface area contributed by atoms with Crippen molar-refractivity contribution in [3.8, 4) is 0 Å². The summed E-state index contributed by atoms with van der Waals surface area (Å²) in [6, 6.07) is 16.8. The molecule has 0 spiro atoms. The predicted molar refractivity (Wildman–Crippen MR) is 113 cm³/mol. The van der Waals surface area contributed by atoms with Gasteiger partial charge in [0, 0.05) is 12.8 Å². The van der Waals surface area contributed by atoms with Crippen molar-refractivity contribution in [3.63, 3.8) is 0 Å². The maximum Gasteiger partial charge on any atom is 0.217 e. The maximum atomic E-state index is 4.41. The molecule has 0 aliphatic heterocycles. The van der Waals surface area contributed by atoms with Gasteiger partial charge in [-0.1, -0.05) is 46.9 Å². The van der Waals surface area contributed by atoms with Gasteiger partial charge in [0.15, 0.2) is 0 Å². The van der Waals surface area contributed by atoms with E-state index < -0.39 is 0 Å². The largest absolute Gasteiger partial charge is 0.269 e. The molecule has 6 aromatic rings. The van der Waals surface area contributed by atoms with Crippen LogP contribution < -0.4 is 0 Å². The number of benzene rings is 2. The third kappa shape index (κ3) is 2.45. The Kier molecular flexibility index (Phi) is 3.66. The Balaban J connectivity index is 1.21. The molecule has 138 valence electrons.